The molecule has 39 heavy (non-hydrogen) atoms. The van der Waals surface area contributed by atoms with Gasteiger partial charge in [0.1, 0.15) is 11.6 Å². The summed E-state index contributed by atoms with van der Waals surface area (Å²) in [6, 6.07) is 4.03. The number of alkyl carbamates (subject to hydrolysis) is 1. The predicted octanol–water partition coefficient (Wildman–Crippen LogP) is 2.29. The first-order valence-corrected chi connectivity index (χ1v) is 12.7. The fourth-order valence-corrected chi connectivity index (χ4v) is 3.37. The van der Waals surface area contributed by atoms with Crippen molar-refractivity contribution in [3.8, 4) is 0 Å². The summed E-state index contributed by atoms with van der Waals surface area (Å²) < 4.78 is 5.28. The smallest absolute Gasteiger partial charge is 0.407 e. The number of amides is 5. The molecule has 8 N–H and O–H groups in total. The van der Waals surface area contributed by atoms with Crippen LogP contribution < -0.4 is 32.7 Å². The lowest BCUT2D eigenvalue weighted by molar-refractivity contribution is -0.128. The van der Waals surface area contributed by atoms with Crippen molar-refractivity contribution in [2.45, 2.75) is 77.6 Å². The fourth-order valence-electron chi connectivity index (χ4n) is 3.37. The number of carbonyl (C=O) groups is 4. The minimum absolute atomic E-state index is 0.0265. The van der Waals surface area contributed by atoms with Crippen molar-refractivity contribution >= 4 is 29.6 Å². The second-order valence-corrected chi connectivity index (χ2v) is 10.4. The van der Waals surface area contributed by atoms with Gasteiger partial charge in [-0.2, -0.15) is 0 Å². The minimum atomic E-state index is -0.886. The molecule has 1 aromatic rings. The molecule has 0 saturated heterocycles. The highest BCUT2D eigenvalue weighted by Gasteiger charge is 2.25. The van der Waals surface area contributed by atoms with E-state index in [1.165, 1.54) is 0 Å². The van der Waals surface area contributed by atoms with E-state index < -0.39 is 47.7 Å². The number of benzene rings is 1. The molecule has 0 saturated carbocycles. The van der Waals surface area contributed by atoms with Crippen molar-refractivity contribution in [1.82, 2.24) is 16.0 Å². The number of nitrogens with one attached hydrogen (secondary N) is 4. The van der Waals surface area contributed by atoms with Gasteiger partial charge in [0.2, 0.25) is 11.8 Å². The van der Waals surface area contributed by atoms with Crippen molar-refractivity contribution in [2.75, 3.05) is 18.4 Å². The molecule has 0 fully saturated rings. The molecule has 0 unspecified atom stereocenters. The zero-order chi connectivity index (χ0) is 29.6. The number of azide groups is 1. The third-order valence-electron chi connectivity index (χ3n) is 5.41. The maximum atomic E-state index is 13.0. The molecule has 14 heteroatoms. The third-order valence-corrected chi connectivity index (χ3v) is 5.41. The summed E-state index contributed by atoms with van der Waals surface area (Å²) in [5.41, 5.74) is 20.3. The quantitative estimate of drug-likeness (QED) is 0.0885. The molecule has 0 aliphatic carbocycles. The number of nitrogens with two attached hydrogens (primary N) is 2. The number of rotatable bonds is 14. The van der Waals surface area contributed by atoms with Gasteiger partial charge in [-0.05, 0) is 69.2 Å². The van der Waals surface area contributed by atoms with Crippen molar-refractivity contribution in [1.29, 1.82) is 0 Å². The number of ether oxygens (including phenoxy) is 1. The molecule has 1 aromatic carbocycles. The number of nitrogens with zero attached hydrogens (tertiary/aromatic N) is 3. The van der Waals surface area contributed by atoms with Crippen LogP contribution in [0.15, 0.2) is 29.4 Å². The van der Waals surface area contributed by atoms with Crippen LogP contribution in [0.2, 0.25) is 0 Å². The van der Waals surface area contributed by atoms with Crippen molar-refractivity contribution < 1.29 is 23.9 Å². The zero-order valence-electron chi connectivity index (χ0n) is 23.2. The molecule has 3 atom stereocenters. The molecule has 0 spiro atoms. The lowest BCUT2D eigenvalue weighted by Crippen LogP contribution is -2.51. The van der Waals surface area contributed by atoms with Gasteiger partial charge in [0, 0.05) is 29.7 Å². The number of carbonyl (C=O) groups excluding carboxylic acids is 4. The van der Waals surface area contributed by atoms with Gasteiger partial charge in [0.05, 0.1) is 6.04 Å². The summed E-state index contributed by atoms with van der Waals surface area (Å²) in [6.07, 6.45) is 0.373. The molecule has 0 aliphatic heterocycles. The minimum Gasteiger partial charge on any atom is -0.444 e. The van der Waals surface area contributed by atoms with Gasteiger partial charge >= 0.3 is 12.1 Å². The molecular formula is C25H41N9O5. The fraction of sp³-hybridized carbons (Fsp3) is 0.600. The van der Waals surface area contributed by atoms with Crippen LogP contribution >= 0.6 is 0 Å². The lowest BCUT2D eigenvalue weighted by Gasteiger charge is -2.23. The second-order valence-electron chi connectivity index (χ2n) is 10.4. The van der Waals surface area contributed by atoms with Crippen LogP contribution in [0.3, 0.4) is 0 Å². The number of anilines is 1. The lowest BCUT2D eigenvalue weighted by atomic mass is 10.0. The van der Waals surface area contributed by atoms with Crippen molar-refractivity contribution in [2.24, 2.45) is 22.5 Å². The van der Waals surface area contributed by atoms with E-state index >= 15 is 0 Å². The van der Waals surface area contributed by atoms with Crippen molar-refractivity contribution in [3.63, 3.8) is 0 Å². The van der Waals surface area contributed by atoms with Gasteiger partial charge in [-0.1, -0.05) is 31.1 Å². The van der Waals surface area contributed by atoms with E-state index in [-0.39, 0.29) is 25.4 Å². The van der Waals surface area contributed by atoms with Crippen LogP contribution in [0.4, 0.5) is 15.3 Å². The van der Waals surface area contributed by atoms with Gasteiger partial charge in [0.25, 0.3) is 0 Å². The molecule has 0 radical (unpaired) electrons. The molecule has 0 aromatic heterocycles. The van der Waals surface area contributed by atoms with E-state index in [0.717, 1.165) is 5.56 Å². The van der Waals surface area contributed by atoms with Crippen LogP contribution in [-0.4, -0.2) is 60.8 Å². The first kappa shape index (κ1) is 33.0. The predicted molar refractivity (Wildman–Crippen MR) is 148 cm³/mol. The largest absolute Gasteiger partial charge is 0.444 e. The maximum Gasteiger partial charge on any atom is 0.407 e. The zero-order valence-corrected chi connectivity index (χ0v) is 23.2. The Hall–Kier alpha value is -4.03. The van der Waals surface area contributed by atoms with E-state index in [2.05, 4.69) is 31.3 Å². The van der Waals surface area contributed by atoms with Crippen LogP contribution in [0.1, 0.15) is 53.0 Å². The summed E-state index contributed by atoms with van der Waals surface area (Å²) >= 11 is 0. The molecule has 0 heterocycles. The first-order valence-electron chi connectivity index (χ1n) is 12.7. The number of primary amides is 1. The highest BCUT2D eigenvalue weighted by Crippen LogP contribution is 2.14. The first-order chi connectivity index (χ1) is 18.2. The van der Waals surface area contributed by atoms with E-state index in [0.29, 0.717) is 18.5 Å². The summed E-state index contributed by atoms with van der Waals surface area (Å²) in [4.78, 5) is 51.3. The van der Waals surface area contributed by atoms with E-state index in [4.69, 9.17) is 21.7 Å². The van der Waals surface area contributed by atoms with E-state index in [1.54, 1.807) is 58.9 Å². The average Bonchev–Trinajstić information content (AvgIpc) is 2.83. The summed E-state index contributed by atoms with van der Waals surface area (Å²) in [5.74, 6) is -1.02. The Morgan fingerprint density at radius 2 is 1.72 bits per heavy atom. The second kappa shape index (κ2) is 16.0. The van der Waals surface area contributed by atoms with Crippen molar-refractivity contribution in [3.05, 3.63) is 40.3 Å². The molecule has 14 nitrogen and oxygen atoms in total. The average molecular weight is 548 g/mol. The topological polar surface area (TPSA) is 226 Å². The monoisotopic (exact) mass is 547 g/mol. The normalized spacial score (nSPS) is 13.3. The summed E-state index contributed by atoms with van der Waals surface area (Å²) in [6.45, 7) is 9.11. The molecule has 0 aliphatic rings. The van der Waals surface area contributed by atoms with Gasteiger partial charge in [-0.15, -0.1) is 0 Å². The Morgan fingerprint density at radius 3 is 2.26 bits per heavy atom. The standard InChI is InChI=1S/C25H41N9O5/c1-15(2)20(26)22(36)33-19(7-6-12-29-23(27)37)21(35)31-17-10-8-16(9-11-17)13-18(14-30-34-28)32-24(38)39-25(3,4)5/h8-11,15,18-20H,6-7,12-14,26H2,1-5H3,(H,31,35)(H,32,38)(H,33,36)(H3,27,29,37)/t18-,19-,20-/m0/s1. The molecule has 5 amide bonds. The molecule has 1 rings (SSSR count). The van der Waals surface area contributed by atoms with Gasteiger partial charge in [-0.25, -0.2) is 9.59 Å². The Bertz CT molecular complexity index is 1020. The van der Waals surface area contributed by atoms with Crippen LogP contribution in [0.5, 0.6) is 0 Å². The van der Waals surface area contributed by atoms with Crippen LogP contribution in [0, 0.1) is 5.92 Å². The number of urea groups is 1. The van der Waals surface area contributed by atoms with E-state index in [9.17, 15) is 19.2 Å². The van der Waals surface area contributed by atoms with Crippen LogP contribution in [-0.2, 0) is 20.7 Å². The Morgan fingerprint density at radius 1 is 1.08 bits per heavy atom. The SMILES string of the molecule is CC(C)[C@H](N)C(=O)N[C@@H](CCCNC(N)=O)C(=O)Nc1ccc(C[C@@H](CN=[N+]=[N-])NC(=O)OC(C)(C)C)cc1. The highest BCUT2D eigenvalue weighted by molar-refractivity contribution is 5.97. The summed E-state index contributed by atoms with van der Waals surface area (Å²) in [7, 11) is 0. The van der Waals surface area contributed by atoms with Gasteiger partial charge in [-0.3, -0.25) is 9.59 Å². The molecule has 0 bridgehead atoms. The maximum absolute atomic E-state index is 13.0. The Kier molecular flexibility index (Phi) is 13.6. The van der Waals surface area contributed by atoms with Crippen LogP contribution in [0.25, 0.3) is 10.4 Å². The highest BCUT2D eigenvalue weighted by atomic mass is 16.6. The molecule has 216 valence electrons. The summed E-state index contributed by atoms with van der Waals surface area (Å²) in [5, 5.41) is 14.2. The van der Waals surface area contributed by atoms with Gasteiger partial charge < -0.3 is 37.5 Å². The van der Waals surface area contributed by atoms with E-state index in [1.807, 2.05) is 0 Å². The number of hydrogen-bond acceptors (Lipinski definition) is 7. The molecular weight excluding hydrogens is 506 g/mol. The van der Waals surface area contributed by atoms with Gasteiger partial charge in [0.15, 0.2) is 0 Å². The number of hydrogen-bond donors (Lipinski definition) is 6. The Labute approximate surface area is 228 Å². The third kappa shape index (κ3) is 13.9. The Balaban J connectivity index is 2.88.